The third-order valence-corrected chi connectivity index (χ3v) is 5.30. The van der Waals surface area contributed by atoms with Crippen molar-refractivity contribution in [3.05, 3.63) is 33.8 Å². The van der Waals surface area contributed by atoms with Crippen LogP contribution >= 0.6 is 15.9 Å². The van der Waals surface area contributed by atoms with Crippen molar-refractivity contribution in [1.82, 2.24) is 10.2 Å². The summed E-state index contributed by atoms with van der Waals surface area (Å²) in [4.78, 5) is 2.74. The maximum atomic E-state index is 3.67. The Balaban J connectivity index is 1.77. The Kier molecular flexibility index (Phi) is 5.03. The van der Waals surface area contributed by atoms with Crippen molar-refractivity contribution in [2.75, 3.05) is 19.6 Å². The molecule has 1 aromatic carbocycles. The van der Waals surface area contributed by atoms with Crippen LogP contribution in [0.25, 0.3) is 0 Å². The quantitative estimate of drug-likeness (QED) is 0.858. The monoisotopic (exact) mass is 350 g/mol. The summed E-state index contributed by atoms with van der Waals surface area (Å²) in [5.74, 6) is 0.728. The van der Waals surface area contributed by atoms with Gasteiger partial charge < -0.3 is 5.32 Å². The molecule has 1 saturated heterocycles. The summed E-state index contributed by atoms with van der Waals surface area (Å²) >= 11 is 3.61. The fourth-order valence-corrected chi connectivity index (χ4v) is 4.35. The molecule has 2 atom stereocenters. The second-order valence-electron chi connectivity index (χ2n) is 7.04. The average Bonchev–Trinajstić information content (AvgIpc) is 3.05. The van der Waals surface area contributed by atoms with Crippen molar-refractivity contribution in [2.24, 2.45) is 5.92 Å². The van der Waals surface area contributed by atoms with Gasteiger partial charge in [0.1, 0.15) is 0 Å². The zero-order chi connectivity index (χ0) is 14.8. The van der Waals surface area contributed by atoms with Gasteiger partial charge in [0.25, 0.3) is 0 Å². The summed E-state index contributed by atoms with van der Waals surface area (Å²) < 4.78 is 1.22. The Morgan fingerprint density at radius 3 is 2.90 bits per heavy atom. The molecule has 1 aliphatic carbocycles. The smallest absolute Gasteiger partial charge is 0.0354 e. The standard InChI is InChI=1S/C18H27BrN2/c1-13(2)11-21(12-16-4-3-9-20-16)18-8-5-14-10-15(19)6-7-17(14)18/h6-7,10,13,16,18,20H,3-5,8-9,11-12H2,1-2H3. The molecule has 0 spiro atoms. The molecule has 1 aliphatic heterocycles. The van der Waals surface area contributed by atoms with E-state index in [9.17, 15) is 0 Å². The second-order valence-corrected chi connectivity index (χ2v) is 7.95. The summed E-state index contributed by atoms with van der Waals surface area (Å²) in [5, 5.41) is 3.67. The molecule has 21 heavy (non-hydrogen) atoms. The van der Waals surface area contributed by atoms with E-state index in [2.05, 4.69) is 58.2 Å². The van der Waals surface area contributed by atoms with Crippen molar-refractivity contribution < 1.29 is 0 Å². The molecule has 1 aromatic rings. The van der Waals surface area contributed by atoms with E-state index in [0.29, 0.717) is 12.1 Å². The molecular weight excluding hydrogens is 324 g/mol. The fourth-order valence-electron chi connectivity index (χ4n) is 3.94. The number of nitrogens with zero attached hydrogens (tertiary/aromatic N) is 1. The maximum absolute atomic E-state index is 3.67. The number of nitrogens with one attached hydrogen (secondary N) is 1. The molecule has 0 aromatic heterocycles. The van der Waals surface area contributed by atoms with Gasteiger partial charge in [-0.1, -0.05) is 35.8 Å². The topological polar surface area (TPSA) is 15.3 Å². The lowest BCUT2D eigenvalue weighted by Gasteiger charge is -2.33. The van der Waals surface area contributed by atoms with E-state index in [4.69, 9.17) is 0 Å². The predicted molar refractivity (Wildman–Crippen MR) is 92.6 cm³/mol. The molecule has 2 unspecified atom stereocenters. The molecule has 0 saturated carbocycles. The number of fused-ring (bicyclic) bond motifs is 1. The average molecular weight is 351 g/mol. The van der Waals surface area contributed by atoms with E-state index in [1.54, 1.807) is 11.1 Å². The number of hydrogen-bond acceptors (Lipinski definition) is 2. The highest BCUT2D eigenvalue weighted by molar-refractivity contribution is 9.10. The van der Waals surface area contributed by atoms with Crippen LogP contribution < -0.4 is 5.32 Å². The summed E-state index contributed by atoms with van der Waals surface area (Å²) in [6, 6.07) is 8.18. The van der Waals surface area contributed by atoms with Gasteiger partial charge in [0.2, 0.25) is 0 Å². The van der Waals surface area contributed by atoms with Crippen molar-refractivity contribution in [1.29, 1.82) is 0 Å². The number of hydrogen-bond donors (Lipinski definition) is 1. The van der Waals surface area contributed by atoms with Gasteiger partial charge in [-0.3, -0.25) is 4.90 Å². The fraction of sp³-hybridized carbons (Fsp3) is 0.667. The lowest BCUT2D eigenvalue weighted by atomic mass is 10.0. The minimum atomic E-state index is 0.623. The number of halogens is 1. The van der Waals surface area contributed by atoms with Gasteiger partial charge >= 0.3 is 0 Å². The second kappa shape index (κ2) is 6.80. The highest BCUT2D eigenvalue weighted by atomic mass is 79.9. The van der Waals surface area contributed by atoms with E-state index in [1.165, 1.54) is 49.8 Å². The van der Waals surface area contributed by atoms with Crippen molar-refractivity contribution in [2.45, 2.75) is 51.6 Å². The van der Waals surface area contributed by atoms with Crippen LogP contribution in [0.1, 0.15) is 50.3 Å². The van der Waals surface area contributed by atoms with E-state index in [-0.39, 0.29) is 0 Å². The summed E-state index contributed by atoms with van der Waals surface area (Å²) in [7, 11) is 0. The maximum Gasteiger partial charge on any atom is 0.0354 e. The minimum Gasteiger partial charge on any atom is -0.313 e. The molecule has 1 N–H and O–H groups in total. The third-order valence-electron chi connectivity index (χ3n) is 4.81. The molecule has 0 amide bonds. The van der Waals surface area contributed by atoms with Gasteiger partial charge in [-0.05, 0) is 61.4 Å². The first-order valence-electron chi connectivity index (χ1n) is 8.39. The summed E-state index contributed by atoms with van der Waals surface area (Å²) in [5.41, 5.74) is 3.11. The Bertz CT molecular complexity index is 480. The SMILES string of the molecule is CC(C)CN(CC1CCCN1)C1CCc2cc(Br)ccc21. The molecule has 1 heterocycles. The van der Waals surface area contributed by atoms with E-state index < -0.39 is 0 Å². The minimum absolute atomic E-state index is 0.623. The zero-order valence-electron chi connectivity index (χ0n) is 13.2. The molecular formula is C18H27BrN2. The first-order chi connectivity index (χ1) is 10.1. The van der Waals surface area contributed by atoms with Gasteiger partial charge in [0.05, 0.1) is 0 Å². The van der Waals surface area contributed by atoms with Crippen LogP contribution in [0.3, 0.4) is 0 Å². The van der Waals surface area contributed by atoms with Crippen LogP contribution in [0.5, 0.6) is 0 Å². The van der Waals surface area contributed by atoms with Gasteiger partial charge in [0.15, 0.2) is 0 Å². The Morgan fingerprint density at radius 1 is 1.33 bits per heavy atom. The van der Waals surface area contributed by atoms with Gasteiger partial charge in [-0.25, -0.2) is 0 Å². The first kappa shape index (κ1) is 15.5. The molecule has 3 rings (SSSR count). The van der Waals surface area contributed by atoms with Crippen molar-refractivity contribution in [3.8, 4) is 0 Å². The van der Waals surface area contributed by atoms with Crippen molar-refractivity contribution >= 4 is 15.9 Å². The van der Waals surface area contributed by atoms with Crippen LogP contribution in [0.4, 0.5) is 0 Å². The number of rotatable bonds is 5. The van der Waals surface area contributed by atoms with E-state index >= 15 is 0 Å². The molecule has 116 valence electrons. The largest absolute Gasteiger partial charge is 0.313 e. The van der Waals surface area contributed by atoms with Gasteiger partial charge in [-0.2, -0.15) is 0 Å². The summed E-state index contributed by atoms with van der Waals surface area (Å²) in [6.45, 7) is 8.30. The first-order valence-corrected chi connectivity index (χ1v) is 9.18. The van der Waals surface area contributed by atoms with E-state index in [1.807, 2.05) is 0 Å². The lowest BCUT2D eigenvalue weighted by Crippen LogP contribution is -2.41. The molecule has 0 bridgehead atoms. The normalized spacial score (nSPS) is 25.0. The van der Waals surface area contributed by atoms with Crippen LogP contribution in [0.15, 0.2) is 22.7 Å². The molecule has 2 nitrogen and oxygen atoms in total. The number of aryl methyl sites for hydroxylation is 1. The molecule has 2 aliphatic rings. The van der Waals surface area contributed by atoms with Crippen LogP contribution in [0, 0.1) is 5.92 Å². The van der Waals surface area contributed by atoms with Crippen LogP contribution in [-0.4, -0.2) is 30.6 Å². The van der Waals surface area contributed by atoms with Crippen LogP contribution in [0.2, 0.25) is 0 Å². The lowest BCUT2D eigenvalue weighted by molar-refractivity contribution is 0.160. The molecule has 3 heteroatoms. The third kappa shape index (κ3) is 3.69. The van der Waals surface area contributed by atoms with E-state index in [0.717, 1.165) is 5.92 Å². The van der Waals surface area contributed by atoms with Crippen molar-refractivity contribution in [3.63, 3.8) is 0 Å². The Labute approximate surface area is 137 Å². The zero-order valence-corrected chi connectivity index (χ0v) is 14.8. The Morgan fingerprint density at radius 2 is 2.19 bits per heavy atom. The highest BCUT2D eigenvalue weighted by Crippen LogP contribution is 2.37. The predicted octanol–water partition coefficient (Wildman–Crippen LogP) is 4.15. The number of benzene rings is 1. The Hall–Kier alpha value is -0.380. The van der Waals surface area contributed by atoms with Gasteiger partial charge in [-0.15, -0.1) is 0 Å². The van der Waals surface area contributed by atoms with Crippen LogP contribution in [-0.2, 0) is 6.42 Å². The van der Waals surface area contributed by atoms with Gasteiger partial charge in [0, 0.05) is 29.6 Å². The highest BCUT2D eigenvalue weighted by Gasteiger charge is 2.30. The molecule has 0 radical (unpaired) electrons. The summed E-state index contributed by atoms with van der Waals surface area (Å²) in [6.07, 6.45) is 5.19. The molecule has 1 fully saturated rings.